The molecule has 11 rings (SSSR count). The molecule has 2 aliphatic rings. The van der Waals surface area contributed by atoms with Crippen LogP contribution in [0.15, 0.2) is 125 Å². The summed E-state index contributed by atoms with van der Waals surface area (Å²) in [5.41, 5.74) is 4.42. The molecule has 11 heterocycles. The second kappa shape index (κ2) is 22.0. The molecular formula is C44H47ClF2N16O3. The fraction of sp³-hybridized carbons (Fsp3) is 0.250. The van der Waals surface area contributed by atoms with Crippen molar-refractivity contribution in [1.82, 2.24) is 73.2 Å². The molecule has 4 N–H and O–H groups in total. The van der Waals surface area contributed by atoms with Crippen LogP contribution in [-0.4, -0.2) is 110 Å². The lowest BCUT2D eigenvalue weighted by Crippen LogP contribution is -2.43. The van der Waals surface area contributed by atoms with Crippen molar-refractivity contribution in [1.29, 1.82) is 0 Å². The summed E-state index contributed by atoms with van der Waals surface area (Å²) < 4.78 is 33.0. The van der Waals surface area contributed by atoms with Crippen LogP contribution in [0.3, 0.4) is 0 Å². The van der Waals surface area contributed by atoms with Crippen LogP contribution in [0.5, 0.6) is 0 Å². The SMILES string of the molecule is C1CNCCN1.Cc1cn(-c2cc(=O)n3cc(F)ccc3n2)cn1.Cc1cn(-c2cc(=O)n3cc(N4CCNCC4)ccc3n2)cn1.Cc1cnc[nH]1.O=c1cc(Cl)nc2ccc(F)cn12. The van der Waals surface area contributed by atoms with Gasteiger partial charge in [0.25, 0.3) is 16.7 Å². The number of rotatable bonds is 3. The Kier molecular flexibility index (Phi) is 15.5. The van der Waals surface area contributed by atoms with Crippen LogP contribution < -0.4 is 37.5 Å². The molecule has 22 heteroatoms. The molecule has 0 aliphatic carbocycles. The molecule has 0 aromatic carbocycles. The van der Waals surface area contributed by atoms with Gasteiger partial charge in [-0.05, 0) is 57.2 Å². The molecule has 19 nitrogen and oxygen atoms in total. The van der Waals surface area contributed by atoms with Gasteiger partial charge in [0.05, 0.1) is 23.4 Å². The largest absolute Gasteiger partial charge is 0.368 e. The predicted octanol–water partition coefficient (Wildman–Crippen LogP) is 3.31. The lowest BCUT2D eigenvalue weighted by molar-refractivity contribution is 0.534. The van der Waals surface area contributed by atoms with Gasteiger partial charge in [0.2, 0.25) is 0 Å². The monoisotopic (exact) mass is 920 g/mol. The van der Waals surface area contributed by atoms with E-state index in [1.54, 1.807) is 44.9 Å². The first-order chi connectivity index (χ1) is 31.9. The van der Waals surface area contributed by atoms with Gasteiger partial charge in [-0.2, -0.15) is 0 Å². The van der Waals surface area contributed by atoms with Gasteiger partial charge >= 0.3 is 0 Å². The van der Waals surface area contributed by atoms with Gasteiger partial charge in [-0.3, -0.25) is 36.7 Å². The molecule has 66 heavy (non-hydrogen) atoms. The second-order valence-corrected chi connectivity index (χ2v) is 15.3. The first kappa shape index (κ1) is 46.5. The highest BCUT2D eigenvalue weighted by molar-refractivity contribution is 6.29. The van der Waals surface area contributed by atoms with Crippen LogP contribution in [0, 0.1) is 32.4 Å². The normalized spacial score (nSPS) is 13.4. The topological polar surface area (TPSA) is 207 Å². The minimum Gasteiger partial charge on any atom is -0.368 e. The fourth-order valence-corrected chi connectivity index (χ4v) is 6.77. The highest BCUT2D eigenvalue weighted by Gasteiger charge is 2.13. The van der Waals surface area contributed by atoms with E-state index in [1.807, 2.05) is 45.3 Å². The third-order valence-electron chi connectivity index (χ3n) is 9.86. The van der Waals surface area contributed by atoms with E-state index in [9.17, 15) is 23.2 Å². The first-order valence-electron chi connectivity index (χ1n) is 20.8. The standard InChI is InChI=1S/C16H18N6O.C12H9FN4O.C8H4ClFN2O.C4H6N2.C4H10N2/c1-12-9-21(11-18-12)15-8-16(23)22-10-13(2-3-14(22)19-15)20-6-4-17-5-7-20;1-8-5-16(7-14-8)11-4-12(18)17-6-9(13)2-3-10(17)15-11;9-6-3-8(13)12-4-5(10)1-2-7(12)11-6;1-4-2-5-3-6-4;1-2-6-4-3-5-1/h2-3,8-11,17H,4-7H2,1H3;2-7H,1H3;1-4H;2-3H,1H3,(H,5,6);5-6H,1-4H2. The third kappa shape index (κ3) is 12.4. The number of imidazole rings is 3. The molecule has 0 radical (unpaired) electrons. The number of nitrogens with zero attached hydrogens (tertiary/aromatic N) is 12. The maximum atomic E-state index is 13.0. The summed E-state index contributed by atoms with van der Waals surface area (Å²) in [6, 6.07) is 13.3. The zero-order valence-electron chi connectivity index (χ0n) is 36.3. The van der Waals surface area contributed by atoms with Gasteiger partial charge in [0, 0.05) is 113 Å². The average molecular weight is 921 g/mol. The number of pyridine rings is 3. The summed E-state index contributed by atoms with van der Waals surface area (Å²) in [7, 11) is 0. The van der Waals surface area contributed by atoms with Gasteiger partial charge in [-0.1, -0.05) is 11.6 Å². The Morgan fingerprint density at radius 1 is 0.576 bits per heavy atom. The second-order valence-electron chi connectivity index (χ2n) is 14.9. The molecular weight excluding hydrogens is 874 g/mol. The quantitative estimate of drug-likeness (QED) is 0.188. The minimum absolute atomic E-state index is 0.0895. The van der Waals surface area contributed by atoms with E-state index in [0.29, 0.717) is 28.6 Å². The van der Waals surface area contributed by atoms with Crippen molar-refractivity contribution in [3.63, 3.8) is 0 Å². The Balaban J connectivity index is 0.000000134. The summed E-state index contributed by atoms with van der Waals surface area (Å²) in [6.07, 6.45) is 14.4. The van der Waals surface area contributed by atoms with Crippen molar-refractivity contribution >= 4 is 34.2 Å². The maximum absolute atomic E-state index is 13.0. The van der Waals surface area contributed by atoms with E-state index in [1.165, 1.54) is 40.8 Å². The molecule has 0 amide bonds. The van der Waals surface area contributed by atoms with E-state index in [0.717, 1.165) is 98.0 Å². The summed E-state index contributed by atoms with van der Waals surface area (Å²) >= 11 is 5.55. The van der Waals surface area contributed by atoms with E-state index in [-0.39, 0.29) is 16.3 Å². The van der Waals surface area contributed by atoms with Crippen LogP contribution in [0.25, 0.3) is 28.6 Å². The molecule has 9 aromatic rings. The highest BCUT2D eigenvalue weighted by atomic mass is 35.5. The number of H-pyrrole nitrogens is 1. The number of hydrogen-bond donors (Lipinski definition) is 4. The predicted molar refractivity (Wildman–Crippen MR) is 247 cm³/mol. The Morgan fingerprint density at radius 3 is 1.48 bits per heavy atom. The molecule has 0 unspecified atom stereocenters. The Morgan fingerprint density at radius 2 is 1.05 bits per heavy atom. The number of halogens is 3. The highest BCUT2D eigenvalue weighted by Crippen LogP contribution is 2.16. The minimum atomic E-state index is -0.487. The number of hydrogen-bond acceptors (Lipinski definition) is 13. The summed E-state index contributed by atoms with van der Waals surface area (Å²) in [5.74, 6) is 0.0917. The van der Waals surface area contributed by atoms with Gasteiger partial charge < -0.3 is 25.8 Å². The maximum Gasteiger partial charge on any atom is 0.260 e. The van der Waals surface area contributed by atoms with E-state index in [4.69, 9.17) is 11.6 Å². The van der Waals surface area contributed by atoms with Crippen LogP contribution >= 0.6 is 11.6 Å². The molecule has 9 aromatic heterocycles. The van der Waals surface area contributed by atoms with E-state index < -0.39 is 17.2 Å². The number of aryl methyl sites for hydroxylation is 3. The number of fused-ring (bicyclic) bond motifs is 3. The number of anilines is 1. The van der Waals surface area contributed by atoms with Gasteiger partial charge in [0.1, 0.15) is 58.0 Å². The summed E-state index contributed by atoms with van der Waals surface area (Å²) in [4.78, 5) is 65.4. The number of aromatic amines is 1. The zero-order valence-corrected chi connectivity index (χ0v) is 37.0. The Bertz CT molecular complexity index is 3200. The van der Waals surface area contributed by atoms with Crippen LogP contribution in [0.4, 0.5) is 14.5 Å². The van der Waals surface area contributed by atoms with Crippen LogP contribution in [-0.2, 0) is 0 Å². The molecule has 0 bridgehead atoms. The van der Waals surface area contributed by atoms with Crippen molar-refractivity contribution in [2.24, 2.45) is 0 Å². The van der Waals surface area contributed by atoms with Crippen molar-refractivity contribution in [2.45, 2.75) is 20.8 Å². The molecule has 0 saturated carbocycles. The Labute approximate surface area is 380 Å². The average Bonchev–Trinajstić information content (AvgIpc) is 4.11. The van der Waals surface area contributed by atoms with Crippen molar-refractivity contribution in [3.05, 3.63) is 176 Å². The summed E-state index contributed by atoms with van der Waals surface area (Å²) in [6.45, 7) is 14.1. The third-order valence-corrected chi connectivity index (χ3v) is 10.1. The van der Waals surface area contributed by atoms with E-state index in [2.05, 4.69) is 55.7 Å². The smallest absolute Gasteiger partial charge is 0.260 e. The van der Waals surface area contributed by atoms with E-state index >= 15 is 0 Å². The van der Waals surface area contributed by atoms with Crippen molar-refractivity contribution in [3.8, 4) is 11.6 Å². The molecule has 0 atom stereocenters. The summed E-state index contributed by atoms with van der Waals surface area (Å²) in [5, 5.41) is 9.88. The number of aromatic nitrogens is 12. The lowest BCUT2D eigenvalue weighted by Gasteiger charge is -2.29. The van der Waals surface area contributed by atoms with Crippen molar-refractivity contribution < 1.29 is 8.78 Å². The lowest BCUT2D eigenvalue weighted by atomic mass is 10.3. The van der Waals surface area contributed by atoms with Gasteiger partial charge in [-0.15, -0.1) is 0 Å². The van der Waals surface area contributed by atoms with Crippen LogP contribution in [0.2, 0.25) is 5.15 Å². The fourth-order valence-electron chi connectivity index (χ4n) is 6.59. The Hall–Kier alpha value is -7.46. The molecule has 2 fully saturated rings. The van der Waals surface area contributed by atoms with Gasteiger partial charge in [0.15, 0.2) is 0 Å². The zero-order chi connectivity index (χ0) is 46.6. The van der Waals surface area contributed by atoms with Crippen molar-refractivity contribution in [2.75, 3.05) is 57.3 Å². The number of piperazine rings is 2. The molecule has 0 spiro atoms. The van der Waals surface area contributed by atoms with Crippen LogP contribution in [0.1, 0.15) is 17.1 Å². The molecule has 342 valence electrons. The number of nitrogens with one attached hydrogen (secondary N) is 4. The molecule has 2 saturated heterocycles. The first-order valence-corrected chi connectivity index (χ1v) is 21.2. The molecule has 2 aliphatic heterocycles. The van der Waals surface area contributed by atoms with Gasteiger partial charge in [-0.25, -0.2) is 38.7 Å².